The zero-order valence-corrected chi connectivity index (χ0v) is 13.0. The number of rotatable bonds is 8. The molecule has 1 aromatic carbocycles. The lowest BCUT2D eigenvalue weighted by atomic mass is 9.85. The van der Waals surface area contributed by atoms with Gasteiger partial charge in [-0.25, -0.2) is 0 Å². The van der Waals surface area contributed by atoms with Crippen molar-refractivity contribution >= 4 is 0 Å². The summed E-state index contributed by atoms with van der Waals surface area (Å²) in [5, 5.41) is 3.57. The minimum atomic E-state index is 0.774. The van der Waals surface area contributed by atoms with E-state index in [0.29, 0.717) is 0 Å². The number of benzene rings is 1. The monoisotopic (exact) mass is 275 g/mol. The summed E-state index contributed by atoms with van der Waals surface area (Å²) < 4.78 is 5.12. The van der Waals surface area contributed by atoms with Crippen LogP contribution in [-0.2, 0) is 11.2 Å². The Labute approximate surface area is 123 Å². The first-order chi connectivity index (χ1) is 9.79. The van der Waals surface area contributed by atoms with Gasteiger partial charge in [0.1, 0.15) is 0 Å². The molecule has 1 aliphatic rings. The molecule has 1 unspecified atom stereocenters. The minimum absolute atomic E-state index is 0.774. The lowest BCUT2D eigenvalue weighted by molar-refractivity contribution is 0.195. The fourth-order valence-corrected chi connectivity index (χ4v) is 3.44. The summed E-state index contributed by atoms with van der Waals surface area (Å²) in [5.41, 5.74) is 2.87. The number of hydrogen-bond acceptors (Lipinski definition) is 2. The summed E-state index contributed by atoms with van der Waals surface area (Å²) in [7, 11) is 1.77. The Balaban J connectivity index is 1.91. The van der Waals surface area contributed by atoms with Gasteiger partial charge >= 0.3 is 0 Å². The standard InChI is InChI=1S/C18H29NO/c1-15-6-5-7-16(12-15)13-18(14-19-10-11-20-2)17-8-3-4-9-17/h5-7,12,17-19H,3-4,8-11,13-14H2,1-2H3. The number of hydrogen-bond donors (Lipinski definition) is 1. The van der Waals surface area contributed by atoms with Crippen molar-refractivity contribution in [2.45, 2.75) is 39.0 Å². The van der Waals surface area contributed by atoms with E-state index in [1.165, 1.54) is 43.2 Å². The maximum atomic E-state index is 5.12. The number of aryl methyl sites for hydroxylation is 1. The zero-order valence-electron chi connectivity index (χ0n) is 13.0. The van der Waals surface area contributed by atoms with Gasteiger partial charge in [-0.05, 0) is 37.3 Å². The van der Waals surface area contributed by atoms with Crippen molar-refractivity contribution in [1.29, 1.82) is 0 Å². The second kappa shape index (κ2) is 8.43. The van der Waals surface area contributed by atoms with Crippen molar-refractivity contribution in [3.63, 3.8) is 0 Å². The molecule has 1 N–H and O–H groups in total. The van der Waals surface area contributed by atoms with Gasteiger partial charge in [-0.1, -0.05) is 55.5 Å². The van der Waals surface area contributed by atoms with Crippen molar-refractivity contribution < 1.29 is 4.74 Å². The summed E-state index contributed by atoms with van der Waals surface area (Å²) >= 11 is 0. The van der Waals surface area contributed by atoms with Crippen molar-refractivity contribution in [3.8, 4) is 0 Å². The first kappa shape index (κ1) is 15.5. The second-order valence-corrected chi connectivity index (χ2v) is 6.19. The smallest absolute Gasteiger partial charge is 0.0587 e. The third kappa shape index (κ3) is 4.92. The zero-order chi connectivity index (χ0) is 14.2. The van der Waals surface area contributed by atoms with Crippen LogP contribution in [0.4, 0.5) is 0 Å². The Kier molecular flexibility index (Phi) is 6.55. The summed E-state index contributed by atoms with van der Waals surface area (Å²) in [5.74, 6) is 1.68. The minimum Gasteiger partial charge on any atom is -0.383 e. The Morgan fingerprint density at radius 1 is 1.30 bits per heavy atom. The van der Waals surface area contributed by atoms with Gasteiger partial charge in [-0.3, -0.25) is 0 Å². The predicted molar refractivity (Wildman–Crippen MR) is 85.1 cm³/mol. The van der Waals surface area contributed by atoms with E-state index in [1.807, 2.05) is 0 Å². The molecule has 2 nitrogen and oxygen atoms in total. The van der Waals surface area contributed by atoms with Gasteiger partial charge in [0.2, 0.25) is 0 Å². The van der Waals surface area contributed by atoms with Crippen LogP contribution >= 0.6 is 0 Å². The highest BCUT2D eigenvalue weighted by atomic mass is 16.5. The van der Waals surface area contributed by atoms with E-state index in [2.05, 4.69) is 36.5 Å². The fraction of sp³-hybridized carbons (Fsp3) is 0.667. The normalized spacial score (nSPS) is 17.5. The van der Waals surface area contributed by atoms with E-state index in [-0.39, 0.29) is 0 Å². The molecule has 1 aromatic rings. The van der Waals surface area contributed by atoms with Crippen LogP contribution in [0.25, 0.3) is 0 Å². The predicted octanol–water partition coefficient (Wildman–Crippen LogP) is 3.58. The van der Waals surface area contributed by atoms with Gasteiger partial charge in [0.05, 0.1) is 6.61 Å². The van der Waals surface area contributed by atoms with Crippen molar-refractivity contribution in [3.05, 3.63) is 35.4 Å². The highest BCUT2D eigenvalue weighted by molar-refractivity contribution is 5.22. The van der Waals surface area contributed by atoms with Crippen LogP contribution in [-0.4, -0.2) is 26.8 Å². The molecule has 0 aromatic heterocycles. The topological polar surface area (TPSA) is 21.3 Å². The van der Waals surface area contributed by atoms with Gasteiger partial charge in [0.15, 0.2) is 0 Å². The largest absolute Gasteiger partial charge is 0.383 e. The molecule has 0 radical (unpaired) electrons. The number of ether oxygens (including phenoxy) is 1. The van der Waals surface area contributed by atoms with Gasteiger partial charge in [-0.15, -0.1) is 0 Å². The molecule has 0 bridgehead atoms. The molecule has 1 saturated carbocycles. The third-order valence-electron chi connectivity index (χ3n) is 4.54. The summed E-state index contributed by atoms with van der Waals surface area (Å²) in [6.45, 7) is 5.09. The lowest BCUT2D eigenvalue weighted by Crippen LogP contribution is -2.31. The average Bonchev–Trinajstić information content (AvgIpc) is 2.96. The van der Waals surface area contributed by atoms with E-state index in [9.17, 15) is 0 Å². The van der Waals surface area contributed by atoms with Gasteiger partial charge in [-0.2, -0.15) is 0 Å². The SMILES string of the molecule is COCCNCC(Cc1cccc(C)c1)C1CCCC1. The molecular formula is C18H29NO. The highest BCUT2D eigenvalue weighted by Gasteiger charge is 2.24. The van der Waals surface area contributed by atoms with E-state index < -0.39 is 0 Å². The van der Waals surface area contributed by atoms with Crippen LogP contribution in [0.15, 0.2) is 24.3 Å². The van der Waals surface area contributed by atoms with E-state index in [0.717, 1.165) is 31.5 Å². The third-order valence-corrected chi connectivity index (χ3v) is 4.54. The molecule has 0 amide bonds. The van der Waals surface area contributed by atoms with E-state index >= 15 is 0 Å². The molecule has 0 spiro atoms. The summed E-state index contributed by atoms with van der Waals surface area (Å²) in [6, 6.07) is 9.00. The van der Waals surface area contributed by atoms with Gasteiger partial charge in [0.25, 0.3) is 0 Å². The quantitative estimate of drug-likeness (QED) is 0.732. The maximum absolute atomic E-state index is 5.12. The summed E-state index contributed by atoms with van der Waals surface area (Å²) in [4.78, 5) is 0. The molecule has 20 heavy (non-hydrogen) atoms. The molecule has 1 aliphatic carbocycles. The van der Waals surface area contributed by atoms with Crippen molar-refractivity contribution in [1.82, 2.24) is 5.32 Å². The first-order valence-corrected chi connectivity index (χ1v) is 8.05. The van der Waals surface area contributed by atoms with Crippen LogP contribution in [0.1, 0.15) is 36.8 Å². The Hall–Kier alpha value is -0.860. The number of nitrogens with one attached hydrogen (secondary N) is 1. The molecule has 112 valence electrons. The van der Waals surface area contributed by atoms with E-state index in [4.69, 9.17) is 4.74 Å². The Morgan fingerprint density at radius 2 is 2.10 bits per heavy atom. The van der Waals surface area contributed by atoms with Gasteiger partial charge in [0, 0.05) is 13.7 Å². The molecule has 1 atom stereocenters. The van der Waals surface area contributed by atoms with E-state index in [1.54, 1.807) is 7.11 Å². The van der Waals surface area contributed by atoms with Crippen LogP contribution in [0, 0.1) is 18.8 Å². The number of methoxy groups -OCH3 is 1. The molecule has 2 heteroatoms. The summed E-state index contributed by atoms with van der Waals surface area (Å²) in [6.07, 6.45) is 6.90. The molecule has 1 fully saturated rings. The maximum Gasteiger partial charge on any atom is 0.0587 e. The van der Waals surface area contributed by atoms with Crippen molar-refractivity contribution in [2.24, 2.45) is 11.8 Å². The molecular weight excluding hydrogens is 246 g/mol. The first-order valence-electron chi connectivity index (χ1n) is 8.05. The average molecular weight is 275 g/mol. The lowest BCUT2D eigenvalue weighted by Gasteiger charge is -2.24. The second-order valence-electron chi connectivity index (χ2n) is 6.19. The molecule has 0 aliphatic heterocycles. The Morgan fingerprint density at radius 3 is 2.80 bits per heavy atom. The van der Waals surface area contributed by atoms with Crippen LogP contribution < -0.4 is 5.32 Å². The molecule has 0 saturated heterocycles. The fourth-order valence-electron chi connectivity index (χ4n) is 3.44. The molecule has 0 heterocycles. The van der Waals surface area contributed by atoms with Crippen LogP contribution in [0.2, 0.25) is 0 Å². The van der Waals surface area contributed by atoms with Crippen molar-refractivity contribution in [2.75, 3.05) is 26.8 Å². The Bertz CT molecular complexity index is 385. The van der Waals surface area contributed by atoms with Crippen LogP contribution in [0.5, 0.6) is 0 Å². The van der Waals surface area contributed by atoms with Crippen LogP contribution in [0.3, 0.4) is 0 Å². The van der Waals surface area contributed by atoms with Gasteiger partial charge < -0.3 is 10.1 Å². The highest BCUT2D eigenvalue weighted by Crippen LogP contribution is 2.33. The molecule has 2 rings (SSSR count).